The lowest BCUT2D eigenvalue weighted by Gasteiger charge is -2.14. The number of para-hydroxylation sites is 1. The number of rotatable bonds is 3. The van der Waals surface area contributed by atoms with Crippen LogP contribution in [0.1, 0.15) is 13.8 Å². The minimum atomic E-state index is 0.0765. The summed E-state index contributed by atoms with van der Waals surface area (Å²) in [7, 11) is 0. The van der Waals surface area contributed by atoms with Crippen LogP contribution in [0.5, 0.6) is 5.75 Å². The summed E-state index contributed by atoms with van der Waals surface area (Å²) in [6, 6.07) is 7.72. The molecule has 0 aliphatic heterocycles. The van der Waals surface area contributed by atoms with Crippen molar-refractivity contribution >= 4 is 17.1 Å². The summed E-state index contributed by atoms with van der Waals surface area (Å²) in [6.45, 7) is 3.97. The van der Waals surface area contributed by atoms with Crippen molar-refractivity contribution in [2.75, 3.05) is 5.73 Å². The Balaban J connectivity index is 2.23. The molecule has 3 aromatic rings. The van der Waals surface area contributed by atoms with E-state index in [-0.39, 0.29) is 12.1 Å². The number of nitrogens with zero attached hydrogens (tertiary/aromatic N) is 3. The maximum absolute atomic E-state index is 5.83. The second-order valence-electron chi connectivity index (χ2n) is 4.69. The average molecular weight is 269 g/mol. The van der Waals surface area contributed by atoms with E-state index >= 15 is 0 Å². The molecule has 20 heavy (non-hydrogen) atoms. The van der Waals surface area contributed by atoms with E-state index in [9.17, 15) is 0 Å². The van der Waals surface area contributed by atoms with Crippen LogP contribution in [0.25, 0.3) is 22.4 Å². The first kappa shape index (κ1) is 12.4. The highest BCUT2D eigenvalue weighted by Gasteiger charge is 2.15. The van der Waals surface area contributed by atoms with Crippen LogP contribution in [0.2, 0.25) is 0 Å². The number of fused-ring (bicyclic) bond motifs is 1. The highest BCUT2D eigenvalue weighted by molar-refractivity contribution is 5.89. The number of H-pyrrole nitrogens is 1. The van der Waals surface area contributed by atoms with E-state index in [0.29, 0.717) is 11.3 Å². The predicted molar refractivity (Wildman–Crippen MR) is 77.3 cm³/mol. The summed E-state index contributed by atoms with van der Waals surface area (Å²) >= 11 is 0. The monoisotopic (exact) mass is 269 g/mol. The van der Waals surface area contributed by atoms with E-state index in [1.807, 2.05) is 38.1 Å². The molecule has 102 valence electrons. The third-order valence-corrected chi connectivity index (χ3v) is 2.81. The molecule has 2 aromatic heterocycles. The van der Waals surface area contributed by atoms with Gasteiger partial charge in [-0.1, -0.05) is 12.1 Å². The molecule has 0 saturated heterocycles. The molecule has 0 bridgehead atoms. The summed E-state index contributed by atoms with van der Waals surface area (Å²) in [4.78, 5) is 15.6. The lowest BCUT2D eigenvalue weighted by molar-refractivity contribution is 0.243. The van der Waals surface area contributed by atoms with Gasteiger partial charge >= 0.3 is 0 Å². The number of nitrogens with two attached hydrogens (primary N) is 1. The zero-order valence-corrected chi connectivity index (χ0v) is 11.3. The smallest absolute Gasteiger partial charge is 0.222 e. The molecule has 0 fully saturated rings. The molecule has 3 N–H and O–H groups in total. The van der Waals surface area contributed by atoms with Gasteiger partial charge in [0.15, 0.2) is 5.65 Å². The maximum atomic E-state index is 5.83. The van der Waals surface area contributed by atoms with Crippen LogP contribution in [0, 0.1) is 0 Å². The van der Waals surface area contributed by atoms with Crippen molar-refractivity contribution in [3.05, 3.63) is 30.6 Å². The number of hydrogen-bond donors (Lipinski definition) is 2. The Morgan fingerprint density at radius 3 is 2.80 bits per heavy atom. The molecule has 2 heterocycles. The fourth-order valence-corrected chi connectivity index (χ4v) is 2.06. The Morgan fingerprint density at radius 1 is 1.20 bits per heavy atom. The van der Waals surface area contributed by atoms with Gasteiger partial charge in [0, 0.05) is 5.56 Å². The average Bonchev–Trinajstić information content (AvgIpc) is 2.86. The number of aromatic nitrogens is 4. The van der Waals surface area contributed by atoms with Crippen LogP contribution in [-0.2, 0) is 0 Å². The van der Waals surface area contributed by atoms with E-state index in [0.717, 1.165) is 16.8 Å². The van der Waals surface area contributed by atoms with Crippen LogP contribution in [0.3, 0.4) is 0 Å². The first-order chi connectivity index (χ1) is 9.65. The van der Waals surface area contributed by atoms with Gasteiger partial charge in [-0.2, -0.15) is 4.98 Å². The van der Waals surface area contributed by atoms with Gasteiger partial charge in [0.25, 0.3) is 0 Å². The molecule has 0 unspecified atom stereocenters. The first-order valence-corrected chi connectivity index (χ1v) is 6.38. The van der Waals surface area contributed by atoms with Gasteiger partial charge in [-0.3, -0.25) is 0 Å². The lowest BCUT2D eigenvalue weighted by atomic mass is 10.1. The van der Waals surface area contributed by atoms with Gasteiger partial charge in [0.1, 0.15) is 17.0 Å². The van der Waals surface area contributed by atoms with E-state index in [4.69, 9.17) is 10.5 Å². The topological polar surface area (TPSA) is 89.7 Å². The normalized spacial score (nSPS) is 11.2. The Hall–Kier alpha value is -2.63. The summed E-state index contributed by atoms with van der Waals surface area (Å²) in [5.41, 5.74) is 8.61. The van der Waals surface area contributed by atoms with Gasteiger partial charge in [-0.15, -0.1) is 0 Å². The van der Waals surface area contributed by atoms with E-state index < -0.39 is 0 Å². The van der Waals surface area contributed by atoms with Gasteiger partial charge in [0.2, 0.25) is 5.95 Å². The van der Waals surface area contributed by atoms with E-state index in [2.05, 4.69) is 19.9 Å². The van der Waals surface area contributed by atoms with Gasteiger partial charge < -0.3 is 15.5 Å². The zero-order chi connectivity index (χ0) is 14.1. The van der Waals surface area contributed by atoms with Crippen molar-refractivity contribution in [1.29, 1.82) is 0 Å². The fourth-order valence-electron chi connectivity index (χ4n) is 2.06. The Morgan fingerprint density at radius 2 is 2.00 bits per heavy atom. The van der Waals surface area contributed by atoms with Gasteiger partial charge in [-0.25, -0.2) is 9.97 Å². The molecule has 6 nitrogen and oxygen atoms in total. The van der Waals surface area contributed by atoms with Crippen LogP contribution in [0.15, 0.2) is 30.6 Å². The Bertz CT molecular complexity index is 750. The van der Waals surface area contributed by atoms with Crippen LogP contribution < -0.4 is 10.5 Å². The number of imidazole rings is 1. The summed E-state index contributed by atoms with van der Waals surface area (Å²) < 4.78 is 5.83. The molecule has 0 aliphatic carbocycles. The Kier molecular flexibility index (Phi) is 2.98. The maximum Gasteiger partial charge on any atom is 0.222 e. The molecule has 3 rings (SSSR count). The number of anilines is 1. The first-order valence-electron chi connectivity index (χ1n) is 6.38. The molecule has 0 saturated carbocycles. The van der Waals surface area contributed by atoms with Crippen molar-refractivity contribution in [2.24, 2.45) is 0 Å². The third-order valence-electron chi connectivity index (χ3n) is 2.81. The molecule has 6 heteroatoms. The summed E-state index contributed by atoms with van der Waals surface area (Å²) in [5.74, 6) is 0.954. The lowest BCUT2D eigenvalue weighted by Crippen LogP contribution is -2.07. The van der Waals surface area contributed by atoms with Crippen molar-refractivity contribution in [2.45, 2.75) is 20.0 Å². The van der Waals surface area contributed by atoms with E-state index in [1.54, 1.807) is 6.33 Å². The minimum Gasteiger partial charge on any atom is -0.490 e. The SMILES string of the molecule is CC(C)Oc1ccccc1-c1nc(N)nc2nc[nH]c12. The fraction of sp³-hybridized carbons (Fsp3) is 0.214. The van der Waals surface area contributed by atoms with E-state index in [1.165, 1.54) is 0 Å². The summed E-state index contributed by atoms with van der Waals surface area (Å²) in [6.07, 6.45) is 1.65. The highest BCUT2D eigenvalue weighted by Crippen LogP contribution is 2.32. The standard InChI is InChI=1S/C14H15N5O/c1-8(2)20-10-6-4-3-5-9(10)11-12-13(17-7-16-12)19-14(15)18-11/h3-8H,1-2H3,(H3,15,16,17,18,19). The second kappa shape index (κ2) is 4.80. The molecule has 0 radical (unpaired) electrons. The van der Waals surface area contributed by atoms with Gasteiger partial charge in [0.05, 0.1) is 12.4 Å². The molecule has 0 spiro atoms. The molecule has 0 amide bonds. The van der Waals surface area contributed by atoms with Crippen molar-refractivity contribution in [3.8, 4) is 17.0 Å². The van der Waals surface area contributed by atoms with Gasteiger partial charge in [-0.05, 0) is 26.0 Å². The van der Waals surface area contributed by atoms with Crippen molar-refractivity contribution < 1.29 is 4.74 Å². The summed E-state index contributed by atoms with van der Waals surface area (Å²) in [5, 5.41) is 0. The molecule has 0 aliphatic rings. The number of ether oxygens (including phenoxy) is 1. The largest absolute Gasteiger partial charge is 0.490 e. The number of hydrogen-bond acceptors (Lipinski definition) is 5. The minimum absolute atomic E-state index is 0.0765. The van der Waals surface area contributed by atoms with Crippen LogP contribution >= 0.6 is 0 Å². The van der Waals surface area contributed by atoms with Crippen LogP contribution in [0.4, 0.5) is 5.95 Å². The second-order valence-corrected chi connectivity index (χ2v) is 4.69. The number of nitrogens with one attached hydrogen (secondary N) is 1. The number of benzene rings is 1. The molecule has 1 aromatic carbocycles. The highest BCUT2D eigenvalue weighted by atomic mass is 16.5. The van der Waals surface area contributed by atoms with Crippen molar-refractivity contribution in [1.82, 2.24) is 19.9 Å². The molecular formula is C14H15N5O. The predicted octanol–water partition coefficient (Wildman–Crippen LogP) is 2.39. The third kappa shape index (κ3) is 2.16. The number of nitrogen functional groups attached to an aromatic ring is 1. The van der Waals surface area contributed by atoms with Crippen molar-refractivity contribution in [3.63, 3.8) is 0 Å². The quantitative estimate of drug-likeness (QED) is 0.762. The van der Waals surface area contributed by atoms with Crippen LogP contribution in [-0.4, -0.2) is 26.0 Å². The zero-order valence-electron chi connectivity index (χ0n) is 11.3. The molecule has 0 atom stereocenters. The number of aromatic amines is 1. The Labute approximate surface area is 116 Å². The molecular weight excluding hydrogens is 254 g/mol.